The van der Waals surface area contributed by atoms with Gasteiger partial charge in [0.05, 0.1) is 11.4 Å². The Balaban J connectivity index is 0.787. The Morgan fingerprint density at radius 3 is 0.973 bits per heavy atom. The van der Waals surface area contributed by atoms with Crippen molar-refractivity contribution in [1.82, 2.24) is 0 Å². The van der Waals surface area contributed by atoms with Gasteiger partial charge in [0.25, 0.3) is 0 Å². The van der Waals surface area contributed by atoms with E-state index in [1.54, 1.807) is 0 Å². The normalized spacial score (nSPS) is 12.3. The standard InChI is InChI=1S/C71H53N3/c1-71(2)67-48-61(44-46-65(67)66-47-45-62(49-68(66)71)74(58-26-10-5-11-27-58)70-31-17-21-55-19-13-15-29-64(55)70)72(56-22-6-3-7-23-56)59-40-36-52(37-41-59)50-32-34-51(35-33-50)53-38-42-60(43-39-53)73(57-24-8-4-9-25-57)69-30-16-20-54-18-12-14-28-63(54)69/h3-49H,1-2H3. The van der Waals surface area contributed by atoms with Crippen molar-refractivity contribution in [2.75, 3.05) is 14.7 Å². The maximum absolute atomic E-state index is 2.42. The Hall–Kier alpha value is -9.44. The summed E-state index contributed by atoms with van der Waals surface area (Å²) in [5, 5.41) is 4.89. The molecule has 0 atom stereocenters. The number of benzene rings is 12. The molecule has 3 heteroatoms. The third-order valence-corrected chi connectivity index (χ3v) is 15.0. The van der Waals surface area contributed by atoms with E-state index < -0.39 is 0 Å². The summed E-state index contributed by atoms with van der Waals surface area (Å²) in [6.45, 7) is 4.76. The zero-order valence-electron chi connectivity index (χ0n) is 41.5. The van der Waals surface area contributed by atoms with Gasteiger partial charge in [0.2, 0.25) is 0 Å². The highest BCUT2D eigenvalue weighted by atomic mass is 15.2. The van der Waals surface area contributed by atoms with Crippen molar-refractivity contribution in [3.8, 4) is 33.4 Å². The first kappa shape index (κ1) is 44.5. The van der Waals surface area contributed by atoms with Gasteiger partial charge in [-0.25, -0.2) is 0 Å². The molecule has 0 spiro atoms. The Morgan fingerprint density at radius 2 is 0.541 bits per heavy atom. The molecule has 0 unspecified atom stereocenters. The number of para-hydroxylation sites is 3. The van der Waals surface area contributed by atoms with Crippen LogP contribution in [0.15, 0.2) is 285 Å². The molecular formula is C71H53N3. The summed E-state index contributed by atoms with van der Waals surface area (Å²) < 4.78 is 0. The predicted molar refractivity (Wildman–Crippen MR) is 314 cm³/mol. The fraction of sp³-hybridized carbons (Fsp3) is 0.0423. The summed E-state index contributed by atoms with van der Waals surface area (Å²) in [5.41, 5.74) is 19.9. The number of anilines is 9. The maximum Gasteiger partial charge on any atom is 0.0540 e. The first-order valence-corrected chi connectivity index (χ1v) is 25.6. The van der Waals surface area contributed by atoms with Gasteiger partial charge < -0.3 is 14.7 Å². The molecule has 352 valence electrons. The van der Waals surface area contributed by atoms with E-state index >= 15 is 0 Å². The van der Waals surface area contributed by atoms with Gasteiger partial charge in [0, 0.05) is 56.0 Å². The first-order chi connectivity index (χ1) is 36.5. The second kappa shape index (κ2) is 18.6. The lowest BCUT2D eigenvalue weighted by Gasteiger charge is -2.29. The van der Waals surface area contributed by atoms with E-state index in [1.807, 2.05) is 0 Å². The summed E-state index contributed by atoms with van der Waals surface area (Å²) in [7, 11) is 0. The summed E-state index contributed by atoms with van der Waals surface area (Å²) >= 11 is 0. The molecular weight excluding hydrogens is 895 g/mol. The monoisotopic (exact) mass is 947 g/mol. The van der Waals surface area contributed by atoms with E-state index in [9.17, 15) is 0 Å². The third kappa shape index (κ3) is 7.96. The second-order valence-corrected chi connectivity index (χ2v) is 19.8. The molecule has 0 bridgehead atoms. The van der Waals surface area contributed by atoms with Crippen molar-refractivity contribution >= 4 is 72.7 Å². The largest absolute Gasteiger partial charge is 0.310 e. The van der Waals surface area contributed by atoms with Crippen LogP contribution in [0.4, 0.5) is 51.2 Å². The van der Waals surface area contributed by atoms with E-state index in [1.165, 1.54) is 66.1 Å². The summed E-state index contributed by atoms with van der Waals surface area (Å²) in [6.07, 6.45) is 0. The van der Waals surface area contributed by atoms with E-state index in [4.69, 9.17) is 0 Å². The molecule has 3 nitrogen and oxygen atoms in total. The average Bonchev–Trinajstić information content (AvgIpc) is 3.71. The van der Waals surface area contributed by atoms with Gasteiger partial charge in [-0.2, -0.15) is 0 Å². The van der Waals surface area contributed by atoms with Crippen LogP contribution in [0.1, 0.15) is 25.0 Å². The lowest BCUT2D eigenvalue weighted by molar-refractivity contribution is 0.660. The molecule has 0 N–H and O–H groups in total. The van der Waals surface area contributed by atoms with E-state index in [2.05, 4.69) is 314 Å². The van der Waals surface area contributed by atoms with Crippen LogP contribution in [-0.4, -0.2) is 0 Å². The van der Waals surface area contributed by atoms with Gasteiger partial charge in [0.15, 0.2) is 0 Å². The lowest BCUT2D eigenvalue weighted by Crippen LogP contribution is -2.17. The quantitative estimate of drug-likeness (QED) is 0.128. The Kier molecular flexibility index (Phi) is 11.2. The van der Waals surface area contributed by atoms with Crippen LogP contribution < -0.4 is 14.7 Å². The van der Waals surface area contributed by atoms with Crippen molar-refractivity contribution in [3.05, 3.63) is 296 Å². The van der Waals surface area contributed by atoms with Crippen LogP contribution in [0.2, 0.25) is 0 Å². The molecule has 1 aliphatic rings. The number of rotatable bonds is 11. The summed E-state index contributed by atoms with van der Waals surface area (Å²) in [4.78, 5) is 7.15. The first-order valence-electron chi connectivity index (χ1n) is 25.6. The molecule has 74 heavy (non-hydrogen) atoms. The van der Waals surface area contributed by atoms with Crippen molar-refractivity contribution in [1.29, 1.82) is 0 Å². The molecule has 0 fully saturated rings. The lowest BCUT2D eigenvalue weighted by atomic mass is 9.82. The number of hydrogen-bond donors (Lipinski definition) is 0. The van der Waals surface area contributed by atoms with Crippen LogP contribution in [0.25, 0.3) is 54.9 Å². The summed E-state index contributed by atoms with van der Waals surface area (Å²) in [5.74, 6) is 0. The van der Waals surface area contributed by atoms with E-state index in [0.29, 0.717) is 0 Å². The van der Waals surface area contributed by atoms with Gasteiger partial charge in [-0.1, -0.05) is 202 Å². The smallest absolute Gasteiger partial charge is 0.0540 e. The van der Waals surface area contributed by atoms with Gasteiger partial charge in [-0.05, 0) is 152 Å². The van der Waals surface area contributed by atoms with Crippen molar-refractivity contribution < 1.29 is 0 Å². The molecule has 0 radical (unpaired) electrons. The van der Waals surface area contributed by atoms with Gasteiger partial charge in [0.1, 0.15) is 0 Å². The second-order valence-electron chi connectivity index (χ2n) is 19.8. The number of nitrogens with zero attached hydrogens (tertiary/aromatic N) is 3. The topological polar surface area (TPSA) is 9.72 Å². The minimum atomic E-state index is -0.252. The molecule has 0 heterocycles. The molecule has 0 aliphatic heterocycles. The maximum atomic E-state index is 2.42. The fourth-order valence-electron chi connectivity index (χ4n) is 11.3. The highest BCUT2D eigenvalue weighted by Crippen LogP contribution is 2.53. The Labute approximate surface area is 434 Å². The minimum absolute atomic E-state index is 0.252. The SMILES string of the molecule is CC1(C)c2cc(N(c3ccccc3)c3ccc(-c4ccc(-c5ccc(N(c6ccccc6)c6cccc7ccccc67)cc5)cc4)cc3)ccc2-c2ccc(N(c3ccccc3)c3cccc4ccccc34)cc21. The van der Waals surface area contributed by atoms with Crippen LogP contribution in [-0.2, 0) is 5.41 Å². The van der Waals surface area contributed by atoms with E-state index in [-0.39, 0.29) is 5.41 Å². The van der Waals surface area contributed by atoms with Crippen molar-refractivity contribution in [2.45, 2.75) is 19.3 Å². The molecule has 12 aromatic carbocycles. The molecule has 0 saturated heterocycles. The number of hydrogen-bond acceptors (Lipinski definition) is 3. The Bertz CT molecular complexity index is 3950. The third-order valence-electron chi connectivity index (χ3n) is 15.0. The van der Waals surface area contributed by atoms with Gasteiger partial charge in [-0.15, -0.1) is 0 Å². The van der Waals surface area contributed by atoms with Crippen molar-refractivity contribution in [3.63, 3.8) is 0 Å². The minimum Gasteiger partial charge on any atom is -0.310 e. The fourth-order valence-corrected chi connectivity index (χ4v) is 11.3. The highest BCUT2D eigenvalue weighted by molar-refractivity contribution is 6.01. The molecule has 0 saturated carbocycles. The van der Waals surface area contributed by atoms with Crippen LogP contribution in [0.5, 0.6) is 0 Å². The average molecular weight is 948 g/mol. The van der Waals surface area contributed by atoms with Crippen LogP contribution >= 0.6 is 0 Å². The highest BCUT2D eigenvalue weighted by Gasteiger charge is 2.37. The zero-order valence-corrected chi connectivity index (χ0v) is 41.5. The molecule has 13 rings (SSSR count). The Morgan fingerprint density at radius 1 is 0.243 bits per heavy atom. The zero-order chi connectivity index (χ0) is 49.6. The summed E-state index contributed by atoms with van der Waals surface area (Å²) in [6, 6.07) is 104. The molecule has 12 aromatic rings. The van der Waals surface area contributed by atoms with Crippen molar-refractivity contribution in [2.24, 2.45) is 0 Å². The van der Waals surface area contributed by atoms with Crippen LogP contribution in [0.3, 0.4) is 0 Å². The molecule has 1 aliphatic carbocycles. The predicted octanol–water partition coefficient (Wildman–Crippen LogP) is 20.0. The molecule has 0 amide bonds. The van der Waals surface area contributed by atoms with Gasteiger partial charge in [-0.3, -0.25) is 0 Å². The van der Waals surface area contributed by atoms with Crippen LogP contribution in [0, 0.1) is 0 Å². The molecule has 0 aromatic heterocycles. The van der Waals surface area contributed by atoms with Gasteiger partial charge >= 0.3 is 0 Å². The van der Waals surface area contributed by atoms with E-state index in [0.717, 1.165) is 51.2 Å². The number of fused-ring (bicyclic) bond motifs is 5.